The van der Waals surface area contributed by atoms with E-state index in [2.05, 4.69) is 17.2 Å². The fraction of sp³-hybridized carbons (Fsp3) is 0.238. The third kappa shape index (κ3) is 2.96. The molecule has 2 aromatic carbocycles. The highest BCUT2D eigenvalue weighted by atomic mass is 16.2. The Labute approximate surface area is 151 Å². The second-order valence-corrected chi connectivity index (χ2v) is 7.09. The molecule has 1 heterocycles. The Bertz CT molecular complexity index is 1000. The van der Waals surface area contributed by atoms with Gasteiger partial charge in [0.25, 0.3) is 5.91 Å². The molecule has 1 atom stereocenters. The molecule has 1 aliphatic rings. The van der Waals surface area contributed by atoms with Crippen molar-refractivity contribution in [3.8, 4) is 0 Å². The van der Waals surface area contributed by atoms with Crippen LogP contribution in [0, 0.1) is 5.92 Å². The van der Waals surface area contributed by atoms with Crippen molar-refractivity contribution in [3.63, 3.8) is 0 Å². The number of rotatable bonds is 3. The van der Waals surface area contributed by atoms with Gasteiger partial charge in [0.05, 0.1) is 0 Å². The van der Waals surface area contributed by atoms with Crippen LogP contribution in [0.2, 0.25) is 0 Å². The number of H-pyrrole nitrogens is 1. The van der Waals surface area contributed by atoms with Crippen LogP contribution in [0.25, 0.3) is 10.9 Å². The topological polar surface area (TPSA) is 88.0 Å². The highest BCUT2D eigenvalue weighted by Gasteiger charge is 2.20. The number of aromatic nitrogens is 1. The fourth-order valence-corrected chi connectivity index (χ4v) is 3.65. The van der Waals surface area contributed by atoms with E-state index < -0.39 is 5.91 Å². The quantitative estimate of drug-likeness (QED) is 0.675. The van der Waals surface area contributed by atoms with Gasteiger partial charge in [-0.3, -0.25) is 9.59 Å². The van der Waals surface area contributed by atoms with Crippen LogP contribution in [0.3, 0.4) is 0 Å². The van der Waals surface area contributed by atoms with Crippen molar-refractivity contribution in [2.45, 2.75) is 26.2 Å². The number of amides is 2. The Morgan fingerprint density at radius 3 is 2.58 bits per heavy atom. The number of aromatic amines is 1. The number of hydrogen-bond donors (Lipinski definition) is 3. The van der Waals surface area contributed by atoms with Crippen molar-refractivity contribution in [2.24, 2.45) is 11.7 Å². The van der Waals surface area contributed by atoms with Crippen molar-refractivity contribution in [1.82, 2.24) is 4.98 Å². The normalized spacial score (nSPS) is 16.3. The summed E-state index contributed by atoms with van der Waals surface area (Å²) in [5, 5.41) is 4.01. The Hall–Kier alpha value is -3.08. The number of carbonyl (C=O) groups excluding carboxylic acids is 2. The first-order chi connectivity index (χ1) is 12.5. The number of fused-ring (bicyclic) bond motifs is 3. The van der Waals surface area contributed by atoms with Crippen LogP contribution < -0.4 is 11.1 Å². The lowest BCUT2D eigenvalue weighted by atomic mass is 9.87. The molecule has 0 radical (unpaired) electrons. The van der Waals surface area contributed by atoms with Crippen molar-refractivity contribution >= 4 is 28.4 Å². The van der Waals surface area contributed by atoms with E-state index >= 15 is 0 Å². The molecule has 0 saturated heterocycles. The molecule has 26 heavy (non-hydrogen) atoms. The lowest BCUT2D eigenvalue weighted by molar-refractivity contribution is 0.0998. The van der Waals surface area contributed by atoms with E-state index in [1.54, 1.807) is 24.3 Å². The monoisotopic (exact) mass is 347 g/mol. The second-order valence-electron chi connectivity index (χ2n) is 7.09. The predicted molar refractivity (Wildman–Crippen MR) is 102 cm³/mol. The molecule has 5 nitrogen and oxygen atoms in total. The number of nitrogens with two attached hydrogens (primary N) is 1. The molecule has 2 amide bonds. The third-order valence-corrected chi connectivity index (χ3v) is 5.12. The number of primary amides is 1. The van der Waals surface area contributed by atoms with E-state index in [1.165, 1.54) is 17.7 Å². The Morgan fingerprint density at radius 1 is 1.12 bits per heavy atom. The van der Waals surface area contributed by atoms with Crippen molar-refractivity contribution in [1.29, 1.82) is 0 Å². The molecule has 0 unspecified atom stereocenters. The minimum Gasteiger partial charge on any atom is -0.366 e. The summed E-state index contributed by atoms with van der Waals surface area (Å²) in [5.74, 6) is 0.0140. The third-order valence-electron chi connectivity index (χ3n) is 5.12. The SMILES string of the molecule is C[C@H]1CCc2[nH]c3ccc(C(=O)Nc4ccc(C(N)=O)cc4)cc3c2C1. The minimum absolute atomic E-state index is 0.169. The van der Waals surface area contributed by atoms with Crippen molar-refractivity contribution < 1.29 is 9.59 Å². The summed E-state index contributed by atoms with van der Waals surface area (Å²) in [6, 6.07) is 12.3. The first-order valence-electron chi connectivity index (χ1n) is 8.86. The van der Waals surface area contributed by atoms with Gasteiger partial charge in [0.1, 0.15) is 0 Å². The minimum atomic E-state index is -0.486. The van der Waals surface area contributed by atoms with E-state index in [-0.39, 0.29) is 5.91 Å². The van der Waals surface area contributed by atoms with Crippen molar-refractivity contribution in [3.05, 3.63) is 64.8 Å². The Morgan fingerprint density at radius 2 is 1.85 bits per heavy atom. The van der Waals surface area contributed by atoms with Crippen LogP contribution in [0.15, 0.2) is 42.5 Å². The highest BCUT2D eigenvalue weighted by molar-refractivity contribution is 6.07. The van der Waals surface area contributed by atoms with Gasteiger partial charge in [0, 0.05) is 33.4 Å². The molecule has 132 valence electrons. The molecule has 0 fully saturated rings. The van der Waals surface area contributed by atoms with Gasteiger partial charge in [0.2, 0.25) is 5.91 Å². The van der Waals surface area contributed by atoms with Crippen molar-refractivity contribution in [2.75, 3.05) is 5.32 Å². The number of benzene rings is 2. The molecule has 0 aliphatic heterocycles. The van der Waals surface area contributed by atoms with Gasteiger partial charge < -0.3 is 16.0 Å². The number of carbonyl (C=O) groups is 2. The number of aryl methyl sites for hydroxylation is 1. The molecule has 4 N–H and O–H groups in total. The lowest BCUT2D eigenvalue weighted by Gasteiger charge is -2.18. The molecule has 0 spiro atoms. The number of hydrogen-bond acceptors (Lipinski definition) is 2. The summed E-state index contributed by atoms with van der Waals surface area (Å²) in [5.41, 5.74) is 10.6. The maximum Gasteiger partial charge on any atom is 0.255 e. The number of nitrogens with one attached hydrogen (secondary N) is 2. The summed E-state index contributed by atoms with van der Waals surface area (Å²) >= 11 is 0. The van der Waals surface area contributed by atoms with E-state index in [9.17, 15) is 9.59 Å². The second kappa shape index (κ2) is 6.33. The largest absolute Gasteiger partial charge is 0.366 e. The highest BCUT2D eigenvalue weighted by Crippen LogP contribution is 2.32. The fourth-order valence-electron chi connectivity index (χ4n) is 3.65. The maximum absolute atomic E-state index is 12.6. The first-order valence-corrected chi connectivity index (χ1v) is 8.86. The van der Waals surface area contributed by atoms with Crippen LogP contribution in [0.1, 0.15) is 45.3 Å². The van der Waals surface area contributed by atoms with E-state index in [0.29, 0.717) is 22.7 Å². The average Bonchev–Trinajstić information content (AvgIpc) is 2.99. The smallest absolute Gasteiger partial charge is 0.255 e. The van der Waals surface area contributed by atoms with Crippen LogP contribution in [0.4, 0.5) is 5.69 Å². The average molecular weight is 347 g/mol. The summed E-state index contributed by atoms with van der Waals surface area (Å²) in [7, 11) is 0. The van der Waals surface area contributed by atoms with Gasteiger partial charge in [0.15, 0.2) is 0 Å². The van der Waals surface area contributed by atoms with Crippen LogP contribution in [-0.4, -0.2) is 16.8 Å². The molecule has 1 aromatic heterocycles. The molecular formula is C21H21N3O2. The van der Waals surface area contributed by atoms with Crippen LogP contribution in [-0.2, 0) is 12.8 Å². The van der Waals surface area contributed by atoms with Crippen LogP contribution in [0.5, 0.6) is 0 Å². The predicted octanol–water partition coefficient (Wildman–Crippen LogP) is 3.64. The van der Waals surface area contributed by atoms with Gasteiger partial charge in [-0.2, -0.15) is 0 Å². The van der Waals surface area contributed by atoms with Gasteiger partial charge >= 0.3 is 0 Å². The molecule has 5 heteroatoms. The van der Waals surface area contributed by atoms with Gasteiger partial charge in [-0.05, 0) is 73.2 Å². The molecule has 4 rings (SSSR count). The zero-order valence-corrected chi connectivity index (χ0v) is 14.6. The standard InChI is InChI=1S/C21H21N3O2/c1-12-2-8-18-16(10-12)17-11-14(5-9-19(17)24-18)21(26)23-15-6-3-13(4-7-15)20(22)25/h3-7,9,11-12,24H,2,8,10H2,1H3,(H2,22,25)(H,23,26)/t12-/m0/s1. The van der Waals surface area contributed by atoms with E-state index in [0.717, 1.165) is 23.7 Å². The Kier molecular flexibility index (Phi) is 3.99. The first kappa shape index (κ1) is 16.4. The maximum atomic E-state index is 12.6. The summed E-state index contributed by atoms with van der Waals surface area (Å²) in [4.78, 5) is 27.2. The molecule has 0 bridgehead atoms. The zero-order chi connectivity index (χ0) is 18.3. The lowest BCUT2D eigenvalue weighted by Crippen LogP contribution is -2.13. The molecular weight excluding hydrogens is 326 g/mol. The summed E-state index contributed by atoms with van der Waals surface area (Å²) < 4.78 is 0. The molecule has 1 aliphatic carbocycles. The molecule has 3 aromatic rings. The number of anilines is 1. The van der Waals surface area contributed by atoms with Gasteiger partial charge in [-0.25, -0.2) is 0 Å². The van der Waals surface area contributed by atoms with E-state index in [1.807, 2.05) is 18.2 Å². The summed E-state index contributed by atoms with van der Waals surface area (Å²) in [6.45, 7) is 2.27. The zero-order valence-electron chi connectivity index (χ0n) is 14.6. The summed E-state index contributed by atoms with van der Waals surface area (Å²) in [6.07, 6.45) is 3.32. The Balaban J connectivity index is 1.60. The molecule has 0 saturated carbocycles. The van der Waals surface area contributed by atoms with E-state index in [4.69, 9.17) is 5.73 Å². The van der Waals surface area contributed by atoms with Gasteiger partial charge in [-0.15, -0.1) is 0 Å². The van der Waals surface area contributed by atoms with Gasteiger partial charge in [-0.1, -0.05) is 6.92 Å². The van der Waals surface area contributed by atoms with Crippen LogP contribution >= 0.6 is 0 Å².